The lowest BCUT2D eigenvalue weighted by Gasteiger charge is -2.44. The van der Waals surface area contributed by atoms with Gasteiger partial charge in [0.1, 0.15) is 11.6 Å². The van der Waals surface area contributed by atoms with E-state index in [9.17, 15) is 22.8 Å². The van der Waals surface area contributed by atoms with Crippen molar-refractivity contribution >= 4 is 11.8 Å². The van der Waals surface area contributed by atoms with Gasteiger partial charge in [0, 0.05) is 6.54 Å². The van der Waals surface area contributed by atoms with Crippen LogP contribution in [0.15, 0.2) is 0 Å². The summed E-state index contributed by atoms with van der Waals surface area (Å²) in [6, 6.07) is -0.768. The summed E-state index contributed by atoms with van der Waals surface area (Å²) in [6.45, 7) is 1.42. The Morgan fingerprint density at radius 1 is 1.29 bits per heavy atom. The van der Waals surface area contributed by atoms with Gasteiger partial charge in [-0.3, -0.25) is 9.59 Å². The van der Waals surface area contributed by atoms with Crippen molar-refractivity contribution in [2.75, 3.05) is 6.54 Å². The molecule has 1 aliphatic carbocycles. The quantitative estimate of drug-likeness (QED) is 0.867. The average Bonchev–Trinajstić information content (AvgIpc) is 2.84. The van der Waals surface area contributed by atoms with Crippen molar-refractivity contribution in [1.29, 1.82) is 0 Å². The Balaban J connectivity index is 2.20. The van der Waals surface area contributed by atoms with E-state index in [-0.39, 0.29) is 11.8 Å². The molecule has 2 amide bonds. The molecule has 2 rings (SSSR count). The van der Waals surface area contributed by atoms with E-state index in [1.807, 2.05) is 6.92 Å². The number of rotatable bonds is 4. The molecule has 7 heteroatoms. The van der Waals surface area contributed by atoms with Gasteiger partial charge in [-0.15, -0.1) is 0 Å². The first-order chi connectivity index (χ1) is 9.79. The molecule has 0 aromatic rings. The van der Waals surface area contributed by atoms with E-state index in [1.165, 1.54) is 4.90 Å². The second-order valence-electron chi connectivity index (χ2n) is 5.95. The number of hydrogen-bond donors (Lipinski definition) is 1. The minimum atomic E-state index is -4.33. The van der Waals surface area contributed by atoms with Crippen molar-refractivity contribution in [3.63, 3.8) is 0 Å². The van der Waals surface area contributed by atoms with E-state index >= 15 is 0 Å². The Labute approximate surface area is 122 Å². The number of nitrogens with zero attached hydrogens (tertiary/aromatic N) is 1. The zero-order valence-corrected chi connectivity index (χ0v) is 12.1. The number of carbonyl (C=O) groups excluding carboxylic acids is 2. The smallest absolute Gasteiger partial charge is 0.340 e. The van der Waals surface area contributed by atoms with Crippen LogP contribution in [-0.2, 0) is 9.59 Å². The number of hydrogen-bond acceptors (Lipinski definition) is 2. The Morgan fingerprint density at radius 3 is 2.43 bits per heavy atom. The molecule has 120 valence electrons. The second-order valence-corrected chi connectivity index (χ2v) is 5.95. The van der Waals surface area contributed by atoms with Gasteiger partial charge in [0.05, 0.1) is 6.42 Å². The molecule has 0 bridgehead atoms. The van der Waals surface area contributed by atoms with Crippen molar-refractivity contribution in [2.45, 2.75) is 69.6 Å². The van der Waals surface area contributed by atoms with E-state index in [0.29, 0.717) is 25.7 Å². The summed E-state index contributed by atoms with van der Waals surface area (Å²) in [5, 5.41) is 2.79. The molecule has 2 fully saturated rings. The van der Waals surface area contributed by atoms with Crippen molar-refractivity contribution < 1.29 is 22.8 Å². The fourth-order valence-electron chi connectivity index (χ4n) is 3.31. The number of halogens is 3. The minimum Gasteiger partial charge on any atom is -0.340 e. The molecule has 0 aromatic heterocycles. The highest BCUT2D eigenvalue weighted by atomic mass is 19.4. The van der Waals surface area contributed by atoms with Crippen LogP contribution in [0.25, 0.3) is 0 Å². The lowest BCUT2D eigenvalue weighted by atomic mass is 9.89. The first-order valence-electron chi connectivity index (χ1n) is 7.49. The highest BCUT2D eigenvalue weighted by Crippen LogP contribution is 2.36. The number of nitrogens with one attached hydrogen (secondary N) is 1. The van der Waals surface area contributed by atoms with Gasteiger partial charge in [-0.25, -0.2) is 0 Å². The van der Waals surface area contributed by atoms with Crippen LogP contribution in [0.5, 0.6) is 0 Å². The maximum atomic E-state index is 12.6. The Morgan fingerprint density at radius 2 is 1.90 bits per heavy atom. The van der Waals surface area contributed by atoms with Crippen molar-refractivity contribution in [1.82, 2.24) is 10.2 Å². The highest BCUT2D eigenvalue weighted by Gasteiger charge is 2.52. The van der Waals surface area contributed by atoms with Crippen molar-refractivity contribution in [3.8, 4) is 0 Å². The predicted molar refractivity (Wildman–Crippen MR) is 70.4 cm³/mol. The SMILES string of the molecule is CCCC1C(=O)NC2(CCCC2)C(=O)N1CCC(F)(F)F. The topological polar surface area (TPSA) is 49.4 Å². The number of alkyl halides is 3. The van der Waals surface area contributed by atoms with Crippen LogP contribution in [0.2, 0.25) is 0 Å². The summed E-state index contributed by atoms with van der Waals surface area (Å²) in [5.41, 5.74) is -0.951. The van der Waals surface area contributed by atoms with Gasteiger partial charge >= 0.3 is 6.18 Å². The monoisotopic (exact) mass is 306 g/mol. The van der Waals surface area contributed by atoms with Crippen LogP contribution in [0.4, 0.5) is 13.2 Å². The molecule has 0 aromatic carbocycles. The molecular weight excluding hydrogens is 285 g/mol. The van der Waals surface area contributed by atoms with Gasteiger partial charge in [-0.2, -0.15) is 13.2 Å². The summed E-state index contributed by atoms with van der Waals surface area (Å²) in [4.78, 5) is 26.0. The maximum Gasteiger partial charge on any atom is 0.390 e. The molecule has 0 radical (unpaired) electrons. The van der Waals surface area contributed by atoms with Crippen LogP contribution in [-0.4, -0.2) is 41.0 Å². The lowest BCUT2D eigenvalue weighted by Crippen LogP contribution is -2.69. The first kappa shape index (κ1) is 16.1. The number of piperazine rings is 1. The highest BCUT2D eigenvalue weighted by molar-refractivity contribution is 6.00. The van der Waals surface area contributed by atoms with E-state index in [4.69, 9.17) is 0 Å². The van der Waals surface area contributed by atoms with E-state index < -0.39 is 30.7 Å². The number of carbonyl (C=O) groups is 2. The first-order valence-corrected chi connectivity index (χ1v) is 7.49. The molecule has 1 saturated carbocycles. The maximum absolute atomic E-state index is 12.6. The minimum absolute atomic E-state index is 0.305. The standard InChI is InChI=1S/C14H21F3N2O2/c1-2-5-10-11(20)18-13(6-3-4-7-13)12(21)19(10)9-8-14(15,16)17/h10H,2-9H2,1H3,(H,18,20). The predicted octanol–water partition coefficient (Wildman–Crippen LogP) is 2.38. The van der Waals surface area contributed by atoms with Gasteiger partial charge in [0.25, 0.3) is 0 Å². The summed E-state index contributed by atoms with van der Waals surface area (Å²) < 4.78 is 37.4. The molecule has 2 aliphatic rings. The summed E-state index contributed by atoms with van der Waals surface area (Å²) in [6.07, 6.45) is -1.67. The third-order valence-corrected chi connectivity index (χ3v) is 4.37. The molecule has 1 aliphatic heterocycles. The van der Waals surface area contributed by atoms with Gasteiger partial charge in [0.2, 0.25) is 11.8 Å². The van der Waals surface area contributed by atoms with E-state index in [1.54, 1.807) is 0 Å². The Kier molecular flexibility index (Phi) is 4.49. The fourth-order valence-corrected chi connectivity index (χ4v) is 3.31. The fraction of sp³-hybridized carbons (Fsp3) is 0.857. The third kappa shape index (κ3) is 3.32. The molecule has 1 saturated heterocycles. The molecule has 1 N–H and O–H groups in total. The Bertz CT molecular complexity index is 417. The third-order valence-electron chi connectivity index (χ3n) is 4.37. The lowest BCUT2D eigenvalue weighted by molar-refractivity contribution is -0.162. The van der Waals surface area contributed by atoms with E-state index in [2.05, 4.69) is 5.32 Å². The van der Waals surface area contributed by atoms with Crippen LogP contribution < -0.4 is 5.32 Å². The molecular formula is C14H21F3N2O2. The zero-order chi connectivity index (χ0) is 15.7. The summed E-state index contributed by atoms with van der Waals surface area (Å²) in [7, 11) is 0. The largest absolute Gasteiger partial charge is 0.390 e. The van der Waals surface area contributed by atoms with Crippen LogP contribution >= 0.6 is 0 Å². The van der Waals surface area contributed by atoms with Gasteiger partial charge in [0.15, 0.2) is 0 Å². The molecule has 1 atom stereocenters. The van der Waals surface area contributed by atoms with E-state index in [0.717, 1.165) is 12.8 Å². The Hall–Kier alpha value is -1.27. The average molecular weight is 306 g/mol. The zero-order valence-electron chi connectivity index (χ0n) is 12.1. The van der Waals surface area contributed by atoms with Crippen LogP contribution in [0.3, 0.4) is 0 Å². The molecule has 1 unspecified atom stereocenters. The van der Waals surface area contributed by atoms with Crippen molar-refractivity contribution in [3.05, 3.63) is 0 Å². The van der Waals surface area contributed by atoms with Crippen molar-refractivity contribution in [2.24, 2.45) is 0 Å². The van der Waals surface area contributed by atoms with Gasteiger partial charge in [-0.1, -0.05) is 26.2 Å². The molecule has 1 spiro atoms. The number of amides is 2. The van der Waals surface area contributed by atoms with Crippen LogP contribution in [0.1, 0.15) is 51.9 Å². The van der Waals surface area contributed by atoms with Gasteiger partial charge < -0.3 is 10.2 Å². The summed E-state index contributed by atoms with van der Waals surface area (Å²) >= 11 is 0. The molecule has 4 nitrogen and oxygen atoms in total. The summed E-state index contributed by atoms with van der Waals surface area (Å²) in [5.74, 6) is -0.636. The molecule has 21 heavy (non-hydrogen) atoms. The second kappa shape index (κ2) is 5.85. The van der Waals surface area contributed by atoms with Gasteiger partial charge in [-0.05, 0) is 19.3 Å². The van der Waals surface area contributed by atoms with Crippen LogP contribution in [0, 0.1) is 0 Å². The normalized spacial score (nSPS) is 25.5. The molecule has 1 heterocycles.